The van der Waals surface area contributed by atoms with Gasteiger partial charge in [-0.05, 0) is 73.1 Å². The number of H-pyrrole nitrogens is 4. The van der Waals surface area contributed by atoms with Crippen molar-refractivity contribution in [3.63, 3.8) is 0 Å². The van der Waals surface area contributed by atoms with Gasteiger partial charge in [-0.3, -0.25) is 93.6 Å². The Bertz CT molecular complexity index is 6330. The highest BCUT2D eigenvalue weighted by Crippen LogP contribution is 2.60. The summed E-state index contributed by atoms with van der Waals surface area (Å²) in [5.41, 5.74) is -2.74. The second-order valence-corrected chi connectivity index (χ2v) is 33.3. The number of nitrogens with one attached hydrogen (secondary N) is 4. The molecule has 4 aromatic carbocycles. The first-order chi connectivity index (χ1) is 58.7. The van der Waals surface area contributed by atoms with E-state index in [0.29, 0.717) is 56.2 Å². The number of fused-ring (bicyclic) bond motifs is 4. The number of aromatic amines is 4. The molecule has 0 bridgehead atoms. The third kappa shape index (κ3) is 18.8. The monoisotopic (exact) mass is 1860 g/mol. The lowest BCUT2D eigenvalue weighted by Crippen LogP contribution is -2.43. The number of hydrogen-bond donors (Lipinski definition) is 12. The molecule has 4 aromatic heterocycles. The highest BCUT2D eigenvalue weighted by Gasteiger charge is 2.62. The van der Waals surface area contributed by atoms with Crippen molar-refractivity contribution < 1.29 is 176 Å². The number of alkyl halides is 4. The van der Waals surface area contributed by atoms with Crippen LogP contribution in [0.5, 0.6) is 23.0 Å². The third-order valence-corrected chi connectivity index (χ3v) is 23.7. The molecule has 0 spiro atoms. The molecule has 120 heavy (non-hydrogen) atoms. The van der Waals surface area contributed by atoms with Crippen LogP contribution in [-0.2, 0) is 99.8 Å². The molecule has 12 heterocycles. The molecule has 648 valence electrons. The van der Waals surface area contributed by atoms with Gasteiger partial charge in [0.15, 0.2) is 43.9 Å². The van der Waals surface area contributed by atoms with Crippen LogP contribution in [0.3, 0.4) is 0 Å². The summed E-state index contributed by atoms with van der Waals surface area (Å²) in [4.78, 5) is 52.8. The first kappa shape index (κ1) is 81.7. The van der Waals surface area contributed by atoms with Gasteiger partial charge in [0.2, 0.25) is 23.3 Å². The van der Waals surface area contributed by atoms with Gasteiger partial charge in [0, 0.05) is 22.3 Å². The molecule has 40 nitrogen and oxygen atoms in total. The molecule has 8 aromatic rings. The van der Waals surface area contributed by atoms with Crippen molar-refractivity contribution >= 4 is 80.2 Å². The number of ether oxygens (including phenoxy) is 4. The van der Waals surface area contributed by atoms with E-state index in [1.807, 2.05) is 19.9 Å². The molecule has 56 heteroatoms. The molecule has 12 N–H and O–H groups in total. The van der Waals surface area contributed by atoms with Crippen LogP contribution in [0.4, 0.5) is 35.1 Å². The molecular weight excluding hydrogens is 1800 g/mol. The van der Waals surface area contributed by atoms with Crippen LogP contribution in [0.1, 0.15) is 55.3 Å². The second-order valence-electron chi connectivity index (χ2n) is 25.5. The largest absolute Gasteiger partial charge is 0.530 e. The number of aliphatic hydroxyl groups excluding tert-OH is 8. The number of rotatable bonds is 16. The number of benzene rings is 4. The van der Waals surface area contributed by atoms with E-state index in [4.69, 9.17) is 126 Å². The van der Waals surface area contributed by atoms with Crippen LogP contribution in [-0.4, -0.2) is 178 Å². The maximum atomic E-state index is 15.8. The van der Waals surface area contributed by atoms with Gasteiger partial charge in [-0.1, -0.05) is 72.8 Å². The zero-order valence-corrected chi connectivity index (χ0v) is 66.0. The van der Waals surface area contributed by atoms with E-state index in [9.17, 15) is 95.9 Å². The molecule has 20 atom stereocenters. The number of nitrogens with zero attached hydrogens (tertiary/aromatic N) is 4. The van der Waals surface area contributed by atoms with Gasteiger partial charge in [-0.15, -0.1) is 0 Å². The lowest BCUT2D eigenvalue weighted by molar-refractivity contribution is -0.205. The van der Waals surface area contributed by atoms with Gasteiger partial charge in [-0.2, -0.15) is 17.6 Å². The number of aromatic nitrogens is 8. The lowest BCUT2D eigenvalue weighted by Gasteiger charge is -2.28. The quantitative estimate of drug-likeness (QED) is 0.0269. The predicted molar refractivity (Wildman–Crippen MR) is 389 cm³/mol. The number of hydrogen-bond acceptors (Lipinski definition) is 36. The molecule has 0 amide bonds. The summed E-state index contributed by atoms with van der Waals surface area (Å²) in [7, 11) is -18.2. The average molecular weight is 1860 g/mol. The highest BCUT2D eigenvalue weighted by atomic mass is 32.1. The molecule has 16 rings (SSSR count). The Hall–Kier alpha value is -7.96. The molecule has 0 aliphatic carbocycles. The van der Waals surface area contributed by atoms with Crippen LogP contribution in [0.15, 0.2) is 141 Å². The minimum absolute atomic E-state index is 0.00794. The van der Waals surface area contributed by atoms with E-state index in [2.05, 4.69) is 4.52 Å². The molecule has 0 saturated carbocycles. The Labute approximate surface area is 691 Å². The SMILES string of the molecule is O=c1[nH]c(=S)n([C@@H]2O[C@](F)(COP3(=O)OCc4ccccc4O3)[C@@H](O)[C@H]2O)cc1F.[2H]C([2H])(OP1(=O)OCc2ccccc2O1)[C@@]1(F)O[C@@H](n2cc(F)c(=O)[nH]c2=S)[C@H](O)[C@@H]1O.[2H]C([2H])(OP1(=O)OCc2ccccc2O1)[C@@]1(F)O[C@@]([2H])(n2cc(F)c(=O)[nH]c2=S)[C@H](O)[C@@H]1O.[2H][C@@]1(n2cc(F)c(=O)[nH]c2=S)O[C@](F)(COP2(=O)OCc3ccccc3O2)[C@@H](O)[C@H]1O. The van der Waals surface area contributed by atoms with Crippen LogP contribution in [0.2, 0.25) is 0 Å². The molecular formula is C64H60F8N8O32P4S4. The molecule has 4 saturated heterocycles. The van der Waals surface area contributed by atoms with Crippen molar-refractivity contribution in [3.8, 4) is 23.0 Å². The maximum absolute atomic E-state index is 15.8. The van der Waals surface area contributed by atoms with Crippen molar-refractivity contribution in [1.82, 2.24) is 38.2 Å². The van der Waals surface area contributed by atoms with Crippen LogP contribution < -0.4 is 40.3 Å². The van der Waals surface area contributed by atoms with Crippen LogP contribution >= 0.6 is 80.2 Å². The second kappa shape index (κ2) is 35.0. The van der Waals surface area contributed by atoms with E-state index in [1.54, 1.807) is 60.7 Å². The summed E-state index contributed by atoms with van der Waals surface area (Å²) >= 11 is 19.2. The minimum Gasteiger partial charge on any atom is -0.404 e. The fraction of sp³-hybridized carbons (Fsp3) is 0.375. The number of aliphatic hydroxyl groups is 8. The Morgan fingerprint density at radius 2 is 0.633 bits per heavy atom. The first-order valence-corrected chi connectivity index (χ1v) is 41.0. The Balaban J connectivity index is 0.000000144. The van der Waals surface area contributed by atoms with E-state index < -0.39 is 215 Å². The van der Waals surface area contributed by atoms with Gasteiger partial charge < -0.3 is 77.9 Å². The van der Waals surface area contributed by atoms with Crippen molar-refractivity contribution in [1.29, 1.82) is 0 Å². The summed E-state index contributed by atoms with van der Waals surface area (Å²) in [5.74, 6) is -19.4. The number of halogens is 8. The molecule has 8 aliphatic rings. The number of para-hydroxylation sites is 4. The predicted octanol–water partition coefficient (Wildman–Crippen LogP) is 6.78. The van der Waals surface area contributed by atoms with Crippen LogP contribution in [0.25, 0.3) is 0 Å². The van der Waals surface area contributed by atoms with Crippen LogP contribution in [0, 0.1) is 42.4 Å². The molecule has 0 radical (unpaired) electrons. The summed E-state index contributed by atoms with van der Waals surface area (Å²) in [6, 6.07) is 25.2. The van der Waals surface area contributed by atoms with Crippen molar-refractivity contribution in [2.75, 3.05) is 26.3 Å². The number of phosphoric ester groups is 4. The Morgan fingerprint density at radius 1 is 0.392 bits per heavy atom. The fourth-order valence-electron chi connectivity index (χ4n) is 11.3. The van der Waals surface area contributed by atoms with Gasteiger partial charge in [0.1, 0.15) is 98.2 Å². The summed E-state index contributed by atoms with van der Waals surface area (Å²) in [6.07, 6.45) is -27.1. The minimum atomic E-state index is -4.83. The highest BCUT2D eigenvalue weighted by molar-refractivity contribution is 7.71. The maximum Gasteiger partial charge on any atom is 0.530 e. The average Bonchev–Trinajstić information content (AvgIpc) is 1.57. The zero-order valence-electron chi connectivity index (χ0n) is 65.2. The third-order valence-electron chi connectivity index (χ3n) is 17.5. The van der Waals surface area contributed by atoms with Gasteiger partial charge in [-0.25, -0.2) is 35.8 Å². The normalized spacial score (nSPS) is 35.3. The Kier molecular flexibility index (Phi) is 23.8. The topological polar surface area (TPSA) is 529 Å². The first-order valence-electron chi connectivity index (χ1n) is 36.5. The fourth-order valence-corrected chi connectivity index (χ4v) is 16.9. The van der Waals surface area contributed by atoms with Gasteiger partial charge >= 0.3 is 31.3 Å². The summed E-state index contributed by atoms with van der Waals surface area (Å²) in [5, 5.41) is 81.8. The van der Waals surface area contributed by atoms with E-state index >= 15 is 17.6 Å². The smallest absolute Gasteiger partial charge is 0.404 e. The van der Waals surface area contributed by atoms with Gasteiger partial charge in [0.25, 0.3) is 45.7 Å². The molecule has 4 unspecified atom stereocenters. The Morgan fingerprint density at radius 3 is 0.967 bits per heavy atom. The van der Waals surface area contributed by atoms with E-state index in [0.717, 1.165) is 4.57 Å². The van der Waals surface area contributed by atoms with Gasteiger partial charge in [0.05, 0.1) is 59.4 Å². The molecule has 4 fully saturated rings. The summed E-state index contributed by atoms with van der Waals surface area (Å²) < 4.78 is 295. The summed E-state index contributed by atoms with van der Waals surface area (Å²) in [6.45, 7) is -10.9. The van der Waals surface area contributed by atoms with E-state index in [1.165, 1.54) is 36.4 Å². The lowest BCUT2D eigenvalue weighted by atomic mass is 10.1. The van der Waals surface area contributed by atoms with Crippen molar-refractivity contribution in [2.24, 2.45) is 0 Å². The number of phosphoric acid groups is 4. The van der Waals surface area contributed by atoms with Crippen molar-refractivity contribution in [2.45, 2.75) is 124 Å². The molecule has 8 aliphatic heterocycles. The van der Waals surface area contributed by atoms with E-state index in [-0.39, 0.29) is 58.8 Å². The zero-order chi connectivity index (χ0) is 92.2. The standard InChI is InChI=1S/4C16H15F2N2O8PS/c4*17-9-5-20(15(30)19-13(9)23)14-11(21)12(22)16(18,27-14)7-26-29(24)25-6-8-3-1-2-4-10(8)28-29/h4*1-5,11-12,14,21-22H,6-7H2,(H,19,23,30)/t4*11-,12+,14-,16-,29?/m1111/s1/i7D2,14D;14D;7D2;. The van der Waals surface area contributed by atoms with Crippen molar-refractivity contribution in [3.05, 3.63) is 228 Å².